The number of carbonyl (C=O) groups is 1. The zero-order chi connectivity index (χ0) is 15.2. The van der Waals surface area contributed by atoms with Gasteiger partial charge in [0.25, 0.3) is 0 Å². The summed E-state index contributed by atoms with van der Waals surface area (Å²) in [5.41, 5.74) is 7.23. The van der Waals surface area contributed by atoms with Gasteiger partial charge in [0, 0.05) is 5.56 Å². The largest absolute Gasteiger partial charge is 0.273 e. The Labute approximate surface area is 131 Å². The van der Waals surface area contributed by atoms with Crippen LogP contribution in [-0.2, 0) is 17.6 Å². The van der Waals surface area contributed by atoms with Gasteiger partial charge in [0.1, 0.15) is 0 Å². The molecule has 1 aliphatic carbocycles. The van der Waals surface area contributed by atoms with E-state index < -0.39 is 0 Å². The van der Waals surface area contributed by atoms with Crippen LogP contribution in [0.1, 0.15) is 36.0 Å². The molecule has 3 heteroatoms. The van der Waals surface area contributed by atoms with Gasteiger partial charge in [0.2, 0.25) is 5.91 Å². The summed E-state index contributed by atoms with van der Waals surface area (Å²) in [5.74, 6) is -0.0690. The van der Waals surface area contributed by atoms with Crippen molar-refractivity contribution in [2.24, 2.45) is 5.10 Å². The third-order valence-electron chi connectivity index (χ3n) is 3.96. The molecule has 112 valence electrons. The van der Waals surface area contributed by atoms with Gasteiger partial charge in [-0.25, -0.2) is 5.43 Å². The van der Waals surface area contributed by atoms with Gasteiger partial charge in [-0.3, -0.25) is 4.79 Å². The van der Waals surface area contributed by atoms with Crippen LogP contribution in [0.15, 0.2) is 59.7 Å². The summed E-state index contributed by atoms with van der Waals surface area (Å²) in [7, 11) is 0. The molecule has 0 aliphatic heterocycles. The van der Waals surface area contributed by atoms with Crippen LogP contribution in [0.3, 0.4) is 0 Å². The molecule has 3 nitrogen and oxygen atoms in total. The number of fused-ring (bicyclic) bond motifs is 1. The van der Waals surface area contributed by atoms with E-state index in [9.17, 15) is 4.79 Å². The minimum absolute atomic E-state index is 0.0690. The van der Waals surface area contributed by atoms with E-state index in [1.165, 1.54) is 17.5 Å². The Morgan fingerprint density at radius 1 is 0.955 bits per heavy atom. The molecule has 0 saturated heterocycles. The molecule has 0 unspecified atom stereocenters. The summed E-state index contributed by atoms with van der Waals surface area (Å²) >= 11 is 0. The molecule has 1 aliphatic rings. The van der Waals surface area contributed by atoms with Crippen molar-refractivity contribution in [1.82, 2.24) is 5.43 Å². The van der Waals surface area contributed by atoms with E-state index in [1.807, 2.05) is 36.4 Å². The Balaban J connectivity index is 1.71. The van der Waals surface area contributed by atoms with Crippen LogP contribution in [0.2, 0.25) is 0 Å². The van der Waals surface area contributed by atoms with Gasteiger partial charge < -0.3 is 0 Å². The SMILES string of the molecule is O=C(Cc1ccccc1)N/N=C1/CCCCc2ccccc21. The van der Waals surface area contributed by atoms with Crippen LogP contribution >= 0.6 is 0 Å². The number of amides is 1. The fraction of sp³-hybridized carbons (Fsp3) is 0.263. The van der Waals surface area contributed by atoms with Crippen LogP contribution in [0.25, 0.3) is 0 Å². The molecule has 0 heterocycles. The lowest BCUT2D eigenvalue weighted by molar-refractivity contribution is -0.120. The molecule has 3 rings (SSSR count). The maximum atomic E-state index is 12.0. The van der Waals surface area contributed by atoms with Crippen LogP contribution in [0.4, 0.5) is 0 Å². The molecule has 1 N–H and O–H groups in total. The molecule has 0 fully saturated rings. The normalized spacial score (nSPS) is 15.9. The Hall–Kier alpha value is -2.42. The first-order valence-corrected chi connectivity index (χ1v) is 7.80. The average molecular weight is 292 g/mol. The predicted molar refractivity (Wildman–Crippen MR) is 88.8 cm³/mol. The Bertz CT molecular complexity index is 677. The minimum Gasteiger partial charge on any atom is -0.273 e. The first-order valence-electron chi connectivity index (χ1n) is 7.80. The van der Waals surface area contributed by atoms with Gasteiger partial charge in [-0.15, -0.1) is 0 Å². The fourth-order valence-electron chi connectivity index (χ4n) is 2.83. The van der Waals surface area contributed by atoms with Crippen molar-refractivity contribution in [2.75, 3.05) is 0 Å². The molecule has 22 heavy (non-hydrogen) atoms. The molecule has 0 aromatic heterocycles. The second-order valence-electron chi connectivity index (χ2n) is 5.62. The number of hydrogen-bond donors (Lipinski definition) is 1. The van der Waals surface area contributed by atoms with Gasteiger partial charge in [-0.2, -0.15) is 5.10 Å². The Morgan fingerprint density at radius 3 is 2.55 bits per heavy atom. The van der Waals surface area contributed by atoms with Crippen molar-refractivity contribution >= 4 is 11.6 Å². The monoisotopic (exact) mass is 292 g/mol. The molecular formula is C19H20N2O. The number of rotatable bonds is 3. The molecule has 0 radical (unpaired) electrons. The van der Waals surface area contributed by atoms with Crippen molar-refractivity contribution in [1.29, 1.82) is 0 Å². The van der Waals surface area contributed by atoms with Gasteiger partial charge in [-0.1, -0.05) is 54.6 Å². The predicted octanol–water partition coefficient (Wildman–Crippen LogP) is 3.48. The number of benzene rings is 2. The first-order chi connectivity index (χ1) is 10.8. The van der Waals surface area contributed by atoms with Crippen molar-refractivity contribution < 1.29 is 4.79 Å². The Morgan fingerprint density at radius 2 is 1.68 bits per heavy atom. The lowest BCUT2D eigenvalue weighted by Gasteiger charge is -2.08. The van der Waals surface area contributed by atoms with Gasteiger partial charge >= 0.3 is 0 Å². The third kappa shape index (κ3) is 3.61. The number of nitrogens with one attached hydrogen (secondary N) is 1. The number of carbonyl (C=O) groups excluding carboxylic acids is 1. The van der Waals surface area contributed by atoms with Crippen molar-refractivity contribution in [3.63, 3.8) is 0 Å². The van der Waals surface area contributed by atoms with Crippen LogP contribution in [0, 0.1) is 0 Å². The summed E-state index contributed by atoms with van der Waals surface area (Å²) in [6.45, 7) is 0. The van der Waals surface area contributed by atoms with Gasteiger partial charge in [0.15, 0.2) is 0 Å². The highest BCUT2D eigenvalue weighted by Gasteiger charge is 2.13. The minimum atomic E-state index is -0.0690. The molecule has 2 aromatic rings. The molecule has 0 atom stereocenters. The van der Waals surface area contributed by atoms with Gasteiger partial charge in [0.05, 0.1) is 12.1 Å². The highest BCUT2D eigenvalue weighted by Crippen LogP contribution is 2.20. The van der Waals surface area contributed by atoms with E-state index in [1.54, 1.807) is 0 Å². The lowest BCUT2D eigenvalue weighted by Crippen LogP contribution is -2.22. The number of aryl methyl sites for hydroxylation is 1. The summed E-state index contributed by atoms with van der Waals surface area (Å²) in [5, 5.41) is 4.40. The van der Waals surface area contributed by atoms with E-state index in [-0.39, 0.29) is 5.91 Å². The van der Waals surface area contributed by atoms with Crippen LogP contribution in [0.5, 0.6) is 0 Å². The quantitative estimate of drug-likeness (QED) is 0.683. The highest BCUT2D eigenvalue weighted by molar-refractivity contribution is 6.02. The maximum absolute atomic E-state index is 12.0. The van der Waals surface area contributed by atoms with E-state index >= 15 is 0 Å². The topological polar surface area (TPSA) is 41.5 Å². The van der Waals surface area contributed by atoms with E-state index in [0.717, 1.165) is 30.5 Å². The smallest absolute Gasteiger partial charge is 0.244 e. The lowest BCUT2D eigenvalue weighted by atomic mass is 10.0. The molecule has 0 saturated carbocycles. The maximum Gasteiger partial charge on any atom is 0.244 e. The van der Waals surface area contributed by atoms with Crippen molar-refractivity contribution in [3.8, 4) is 0 Å². The fourth-order valence-corrected chi connectivity index (χ4v) is 2.83. The molecule has 0 spiro atoms. The summed E-state index contributed by atoms with van der Waals surface area (Å²) in [6.07, 6.45) is 4.66. The molecular weight excluding hydrogens is 272 g/mol. The number of hydrogen-bond acceptors (Lipinski definition) is 2. The summed E-state index contributed by atoms with van der Waals surface area (Å²) < 4.78 is 0. The molecule has 1 amide bonds. The third-order valence-corrected chi connectivity index (χ3v) is 3.96. The average Bonchev–Trinajstić information content (AvgIpc) is 2.76. The van der Waals surface area contributed by atoms with Gasteiger partial charge in [-0.05, 0) is 36.8 Å². The molecule has 0 bridgehead atoms. The second kappa shape index (κ2) is 7.03. The number of nitrogens with zero attached hydrogens (tertiary/aromatic N) is 1. The molecule has 2 aromatic carbocycles. The van der Waals surface area contributed by atoms with Crippen molar-refractivity contribution in [2.45, 2.75) is 32.1 Å². The standard InChI is InChI=1S/C19H20N2O/c22-19(14-15-8-2-1-3-9-15)21-20-18-13-7-5-11-16-10-4-6-12-17(16)18/h1-4,6,8-10,12H,5,7,11,13-14H2,(H,21,22)/b20-18-. The summed E-state index contributed by atoms with van der Waals surface area (Å²) in [4.78, 5) is 12.0. The Kier molecular flexibility index (Phi) is 4.64. The summed E-state index contributed by atoms with van der Waals surface area (Å²) in [6, 6.07) is 18.1. The van der Waals surface area contributed by atoms with E-state index in [4.69, 9.17) is 0 Å². The zero-order valence-electron chi connectivity index (χ0n) is 12.6. The highest BCUT2D eigenvalue weighted by atomic mass is 16.2. The van der Waals surface area contributed by atoms with E-state index in [0.29, 0.717) is 6.42 Å². The van der Waals surface area contributed by atoms with Crippen LogP contribution < -0.4 is 5.43 Å². The van der Waals surface area contributed by atoms with Crippen LogP contribution in [-0.4, -0.2) is 11.6 Å². The van der Waals surface area contributed by atoms with E-state index in [2.05, 4.69) is 28.7 Å². The second-order valence-corrected chi connectivity index (χ2v) is 5.62. The number of hydrazone groups is 1. The van der Waals surface area contributed by atoms with Crippen molar-refractivity contribution in [3.05, 3.63) is 71.3 Å². The zero-order valence-corrected chi connectivity index (χ0v) is 12.6. The first kappa shape index (κ1) is 14.5.